The Kier molecular flexibility index (Phi) is 1.87. The molecule has 1 atom stereocenters. The van der Waals surface area contributed by atoms with E-state index in [1.807, 2.05) is 25.3 Å². The van der Waals surface area contributed by atoms with E-state index < -0.39 is 4.93 Å². The van der Waals surface area contributed by atoms with E-state index in [2.05, 4.69) is 0 Å². The molecule has 0 aliphatic carbocycles. The summed E-state index contributed by atoms with van der Waals surface area (Å²) >= 11 is 1.53. The van der Waals surface area contributed by atoms with Gasteiger partial charge in [-0.15, -0.1) is 0 Å². The van der Waals surface area contributed by atoms with Gasteiger partial charge in [0.1, 0.15) is 4.93 Å². The van der Waals surface area contributed by atoms with Gasteiger partial charge in [0.2, 0.25) is 0 Å². The highest BCUT2D eigenvalue weighted by Crippen LogP contribution is 2.39. The van der Waals surface area contributed by atoms with Gasteiger partial charge in [-0.05, 0) is 11.3 Å². The molecule has 0 amide bonds. The number of hydrogen-bond acceptors (Lipinski definition) is 2. The lowest BCUT2D eigenvalue weighted by Gasteiger charge is -2.25. The average Bonchev–Trinajstić information content (AvgIpc) is 2.16. The molecule has 1 aliphatic rings. The highest BCUT2D eigenvalue weighted by molar-refractivity contribution is 8.03. The van der Waals surface area contributed by atoms with Crippen molar-refractivity contribution in [3.8, 4) is 0 Å². The molecular weight excluding hydrogens is 132 g/mol. The average molecular weight is 144 g/mol. The van der Waals surface area contributed by atoms with Crippen LogP contribution in [0.5, 0.6) is 0 Å². The normalized spacial score (nSPS) is 34.2. The molecule has 0 fully saturated rings. The topological polar surface area (TPSA) is 20.2 Å². The minimum Gasteiger partial charge on any atom is -0.379 e. The molecule has 0 aromatic carbocycles. The first-order valence-corrected chi connectivity index (χ1v) is 4.08. The Labute approximate surface area is 60.2 Å². The first-order valence-electron chi connectivity index (χ1n) is 3.20. The summed E-state index contributed by atoms with van der Waals surface area (Å²) in [6, 6.07) is 0. The zero-order chi connectivity index (χ0) is 6.91. The summed E-state index contributed by atoms with van der Waals surface area (Å²) in [5, 5.41) is 11.6. The van der Waals surface area contributed by atoms with Crippen molar-refractivity contribution in [2.45, 2.75) is 25.2 Å². The first-order chi connectivity index (χ1) is 4.15. The molecule has 2 heteroatoms. The molecule has 0 saturated carbocycles. The third kappa shape index (κ3) is 1.30. The van der Waals surface area contributed by atoms with E-state index in [1.54, 1.807) is 0 Å². The van der Waals surface area contributed by atoms with Crippen LogP contribution in [0.4, 0.5) is 0 Å². The van der Waals surface area contributed by atoms with Gasteiger partial charge in [0.05, 0.1) is 0 Å². The summed E-state index contributed by atoms with van der Waals surface area (Å²) in [5.41, 5.74) is 0. The van der Waals surface area contributed by atoms with Crippen molar-refractivity contribution in [1.29, 1.82) is 0 Å². The predicted octanol–water partition coefficient (Wildman–Crippen LogP) is 1.98. The molecule has 0 bridgehead atoms. The molecule has 0 aromatic heterocycles. The molecule has 1 N–H and O–H groups in total. The summed E-state index contributed by atoms with van der Waals surface area (Å²) in [4.78, 5) is -0.500. The fraction of sp³-hybridized carbons (Fsp3) is 0.714. The van der Waals surface area contributed by atoms with Gasteiger partial charge >= 0.3 is 0 Å². The van der Waals surface area contributed by atoms with Crippen LogP contribution in [0.25, 0.3) is 0 Å². The lowest BCUT2D eigenvalue weighted by atomic mass is 10.0. The first kappa shape index (κ1) is 7.16. The number of aliphatic hydroxyl groups is 1. The fourth-order valence-electron chi connectivity index (χ4n) is 0.803. The van der Waals surface area contributed by atoms with Gasteiger partial charge in [0.15, 0.2) is 0 Å². The van der Waals surface area contributed by atoms with Crippen molar-refractivity contribution in [2.24, 2.45) is 5.92 Å². The van der Waals surface area contributed by atoms with Crippen molar-refractivity contribution in [2.75, 3.05) is 0 Å². The number of rotatable bonds is 1. The summed E-state index contributed by atoms with van der Waals surface area (Å²) in [6.45, 7) is 4.08. The molecule has 1 unspecified atom stereocenters. The van der Waals surface area contributed by atoms with Gasteiger partial charge in [0, 0.05) is 6.42 Å². The molecule has 1 rings (SSSR count). The van der Waals surface area contributed by atoms with E-state index in [1.165, 1.54) is 11.8 Å². The maximum Gasteiger partial charge on any atom is 0.120 e. The summed E-state index contributed by atoms with van der Waals surface area (Å²) in [5.74, 6) is 0.345. The van der Waals surface area contributed by atoms with E-state index in [4.69, 9.17) is 0 Å². The highest BCUT2D eigenvalue weighted by atomic mass is 32.2. The molecule has 0 radical (unpaired) electrons. The van der Waals surface area contributed by atoms with Crippen LogP contribution in [0.3, 0.4) is 0 Å². The zero-order valence-electron chi connectivity index (χ0n) is 5.79. The summed E-state index contributed by atoms with van der Waals surface area (Å²) in [7, 11) is 0. The van der Waals surface area contributed by atoms with Gasteiger partial charge in [-0.25, -0.2) is 0 Å². The van der Waals surface area contributed by atoms with Gasteiger partial charge in [-0.3, -0.25) is 0 Å². The van der Waals surface area contributed by atoms with Crippen molar-refractivity contribution in [3.05, 3.63) is 11.5 Å². The lowest BCUT2D eigenvalue weighted by molar-refractivity contribution is 0.0943. The quantitative estimate of drug-likeness (QED) is 0.607. The Morgan fingerprint density at radius 3 is 2.56 bits per heavy atom. The summed E-state index contributed by atoms with van der Waals surface area (Å²) in [6.07, 6.45) is 2.82. The Bertz CT molecular complexity index is 121. The van der Waals surface area contributed by atoms with Crippen LogP contribution in [0, 0.1) is 5.92 Å². The third-order valence-electron chi connectivity index (χ3n) is 1.68. The number of thioether (sulfide) groups is 1. The molecular formula is C7H12OS. The zero-order valence-corrected chi connectivity index (χ0v) is 6.61. The second-order valence-corrected chi connectivity index (χ2v) is 3.91. The van der Waals surface area contributed by atoms with Crippen LogP contribution in [-0.2, 0) is 0 Å². The Balaban J connectivity index is 2.55. The van der Waals surface area contributed by atoms with Gasteiger partial charge < -0.3 is 5.11 Å². The monoisotopic (exact) mass is 144 g/mol. The van der Waals surface area contributed by atoms with Gasteiger partial charge in [0.25, 0.3) is 0 Å². The van der Waals surface area contributed by atoms with Crippen LogP contribution >= 0.6 is 11.8 Å². The Morgan fingerprint density at radius 2 is 2.33 bits per heavy atom. The maximum absolute atomic E-state index is 9.67. The van der Waals surface area contributed by atoms with Crippen molar-refractivity contribution in [1.82, 2.24) is 0 Å². The second kappa shape index (κ2) is 2.35. The molecule has 1 nitrogen and oxygen atoms in total. The molecule has 1 heterocycles. The van der Waals surface area contributed by atoms with E-state index in [0.717, 1.165) is 6.42 Å². The SMILES string of the molecule is CC(C)C1(O)CC=CS1. The van der Waals surface area contributed by atoms with Crippen LogP contribution in [0.15, 0.2) is 11.5 Å². The van der Waals surface area contributed by atoms with Crippen LogP contribution in [-0.4, -0.2) is 10.0 Å². The molecule has 9 heavy (non-hydrogen) atoms. The lowest BCUT2D eigenvalue weighted by Crippen LogP contribution is -2.27. The smallest absolute Gasteiger partial charge is 0.120 e. The van der Waals surface area contributed by atoms with Crippen LogP contribution < -0.4 is 0 Å². The Hall–Kier alpha value is 0.0500. The second-order valence-electron chi connectivity index (χ2n) is 2.69. The van der Waals surface area contributed by atoms with Crippen molar-refractivity contribution in [3.63, 3.8) is 0 Å². The molecule has 1 aliphatic heterocycles. The Morgan fingerprint density at radius 1 is 1.67 bits per heavy atom. The van der Waals surface area contributed by atoms with Crippen molar-refractivity contribution < 1.29 is 5.11 Å². The largest absolute Gasteiger partial charge is 0.379 e. The summed E-state index contributed by atoms with van der Waals surface area (Å²) < 4.78 is 0. The molecule has 0 saturated heterocycles. The van der Waals surface area contributed by atoms with E-state index in [-0.39, 0.29) is 0 Å². The highest BCUT2D eigenvalue weighted by Gasteiger charge is 2.31. The maximum atomic E-state index is 9.67. The van der Waals surface area contributed by atoms with E-state index >= 15 is 0 Å². The third-order valence-corrected chi connectivity index (χ3v) is 3.06. The fourth-order valence-corrected chi connectivity index (χ4v) is 1.70. The van der Waals surface area contributed by atoms with E-state index in [9.17, 15) is 5.11 Å². The minimum absolute atomic E-state index is 0.345. The van der Waals surface area contributed by atoms with Crippen molar-refractivity contribution >= 4 is 11.8 Å². The van der Waals surface area contributed by atoms with E-state index in [0.29, 0.717) is 5.92 Å². The standard InChI is InChI=1S/C7H12OS/c1-6(2)7(8)4-3-5-9-7/h3,5-6,8H,4H2,1-2H3. The molecule has 0 spiro atoms. The van der Waals surface area contributed by atoms with Gasteiger partial charge in [-0.2, -0.15) is 0 Å². The molecule has 52 valence electrons. The predicted molar refractivity (Wildman–Crippen MR) is 41.1 cm³/mol. The number of hydrogen-bond donors (Lipinski definition) is 1. The van der Waals surface area contributed by atoms with Crippen LogP contribution in [0.2, 0.25) is 0 Å². The van der Waals surface area contributed by atoms with Crippen LogP contribution in [0.1, 0.15) is 20.3 Å². The molecule has 0 aromatic rings. The van der Waals surface area contributed by atoms with Gasteiger partial charge in [-0.1, -0.05) is 31.7 Å². The minimum atomic E-state index is -0.500.